The molecule has 0 radical (unpaired) electrons. The number of nitrogens with zero attached hydrogens (tertiary/aromatic N) is 1. The van der Waals surface area contributed by atoms with E-state index >= 15 is 0 Å². The lowest BCUT2D eigenvalue weighted by molar-refractivity contribution is -0.122. The van der Waals surface area contributed by atoms with Gasteiger partial charge in [0.1, 0.15) is 5.75 Å². The van der Waals surface area contributed by atoms with Crippen LogP contribution in [0.5, 0.6) is 5.75 Å². The van der Waals surface area contributed by atoms with Crippen LogP contribution in [0.1, 0.15) is 21.5 Å². The largest absolute Gasteiger partial charge is 0.476 e. The minimum absolute atomic E-state index is 0.208. The normalized spacial score (nSPS) is 14.6. The van der Waals surface area contributed by atoms with Gasteiger partial charge in [-0.25, -0.2) is 8.42 Å². The molecule has 2 N–H and O–H groups in total. The molecule has 39 heavy (non-hydrogen) atoms. The van der Waals surface area contributed by atoms with Crippen molar-refractivity contribution >= 4 is 33.2 Å². The van der Waals surface area contributed by atoms with Crippen LogP contribution < -0.4 is 19.7 Å². The molecule has 0 spiro atoms. The SMILES string of the molecule is O=C(NCc1ccccc1)c1ccccc1NC(=O)[C@@H]1CN(S(=O)(=O)Cc2ccccc2)c2ccccc2O1. The summed E-state index contributed by atoms with van der Waals surface area (Å²) in [5.41, 5.74) is 2.54. The van der Waals surface area contributed by atoms with Gasteiger partial charge in [0.25, 0.3) is 11.8 Å². The molecule has 0 bridgehead atoms. The average molecular weight is 542 g/mol. The predicted octanol–water partition coefficient (Wildman–Crippen LogP) is 4.35. The number of anilines is 2. The second-order valence-electron chi connectivity index (χ2n) is 9.05. The van der Waals surface area contributed by atoms with Crippen molar-refractivity contribution in [3.8, 4) is 5.75 Å². The summed E-state index contributed by atoms with van der Waals surface area (Å²) in [4.78, 5) is 26.3. The number of rotatable bonds is 8. The summed E-state index contributed by atoms with van der Waals surface area (Å²) in [5, 5.41) is 5.63. The number of hydrogen-bond acceptors (Lipinski definition) is 5. The van der Waals surface area contributed by atoms with E-state index in [4.69, 9.17) is 4.74 Å². The maximum absolute atomic E-state index is 13.5. The van der Waals surface area contributed by atoms with Crippen molar-refractivity contribution in [3.05, 3.63) is 126 Å². The highest BCUT2D eigenvalue weighted by atomic mass is 32.2. The molecule has 0 aromatic heterocycles. The van der Waals surface area contributed by atoms with Gasteiger partial charge in [-0.05, 0) is 35.4 Å². The number of hydrogen-bond donors (Lipinski definition) is 2. The highest BCUT2D eigenvalue weighted by molar-refractivity contribution is 7.92. The van der Waals surface area contributed by atoms with Crippen LogP contribution in [-0.2, 0) is 27.1 Å². The van der Waals surface area contributed by atoms with Crippen LogP contribution in [0.4, 0.5) is 11.4 Å². The molecule has 1 aliphatic rings. The van der Waals surface area contributed by atoms with E-state index in [1.807, 2.05) is 36.4 Å². The summed E-state index contributed by atoms with van der Waals surface area (Å²) < 4.78 is 34.1. The Hall–Kier alpha value is -4.63. The van der Waals surface area contributed by atoms with E-state index in [0.717, 1.165) is 5.56 Å². The van der Waals surface area contributed by atoms with Crippen LogP contribution in [0.3, 0.4) is 0 Å². The van der Waals surface area contributed by atoms with Crippen LogP contribution in [-0.4, -0.2) is 32.9 Å². The Kier molecular flexibility index (Phi) is 7.60. The minimum atomic E-state index is -3.84. The molecule has 8 nitrogen and oxygen atoms in total. The third kappa shape index (κ3) is 6.10. The first-order valence-electron chi connectivity index (χ1n) is 12.4. The Morgan fingerprint density at radius 2 is 1.41 bits per heavy atom. The number of carbonyl (C=O) groups is 2. The number of nitrogens with one attached hydrogen (secondary N) is 2. The molecule has 1 aliphatic heterocycles. The van der Waals surface area contributed by atoms with Gasteiger partial charge in [0, 0.05) is 6.54 Å². The molecule has 1 heterocycles. The molecular formula is C30H27N3O5S. The molecule has 0 aliphatic carbocycles. The van der Waals surface area contributed by atoms with E-state index in [0.29, 0.717) is 23.5 Å². The fourth-order valence-electron chi connectivity index (χ4n) is 4.34. The van der Waals surface area contributed by atoms with Gasteiger partial charge in [0.2, 0.25) is 10.0 Å². The molecule has 4 aromatic carbocycles. The highest BCUT2D eigenvalue weighted by Crippen LogP contribution is 2.36. The number of para-hydroxylation sites is 3. The Morgan fingerprint density at radius 1 is 0.795 bits per heavy atom. The average Bonchev–Trinajstić information content (AvgIpc) is 2.96. The van der Waals surface area contributed by atoms with E-state index in [9.17, 15) is 18.0 Å². The Balaban J connectivity index is 1.34. The summed E-state index contributed by atoms with van der Waals surface area (Å²) in [6.07, 6.45) is -1.13. The zero-order chi connectivity index (χ0) is 27.2. The lowest BCUT2D eigenvalue weighted by Gasteiger charge is -2.34. The number of carbonyl (C=O) groups excluding carboxylic acids is 2. The minimum Gasteiger partial charge on any atom is -0.476 e. The van der Waals surface area contributed by atoms with E-state index in [1.54, 1.807) is 72.8 Å². The van der Waals surface area contributed by atoms with E-state index in [-0.39, 0.29) is 29.5 Å². The van der Waals surface area contributed by atoms with Crippen LogP contribution in [0.2, 0.25) is 0 Å². The molecule has 1 atom stereocenters. The molecule has 0 unspecified atom stereocenters. The molecule has 4 aromatic rings. The van der Waals surface area contributed by atoms with E-state index in [2.05, 4.69) is 10.6 Å². The summed E-state index contributed by atoms with van der Waals surface area (Å²) in [6, 6.07) is 31.7. The van der Waals surface area contributed by atoms with Gasteiger partial charge in [0.15, 0.2) is 6.10 Å². The first-order valence-corrected chi connectivity index (χ1v) is 14.0. The molecule has 0 saturated carbocycles. The molecule has 5 rings (SSSR count). The standard InChI is InChI=1S/C30H27N3O5S/c34-29(31-19-22-11-3-1-4-12-22)24-15-7-8-16-25(24)32-30(35)28-20-33(26-17-9-10-18-27(26)38-28)39(36,37)21-23-13-5-2-6-14-23/h1-18,28H,19-21H2,(H,31,34)(H,32,35)/t28-/m0/s1. The Labute approximate surface area is 227 Å². The molecule has 198 valence electrons. The predicted molar refractivity (Wildman–Crippen MR) is 150 cm³/mol. The number of amides is 2. The maximum Gasteiger partial charge on any atom is 0.267 e. The van der Waals surface area contributed by atoms with Crippen LogP contribution in [0.15, 0.2) is 109 Å². The second kappa shape index (κ2) is 11.4. The van der Waals surface area contributed by atoms with Gasteiger partial charge >= 0.3 is 0 Å². The molecule has 9 heteroatoms. The fourth-order valence-corrected chi connectivity index (χ4v) is 5.92. The number of fused-ring (bicyclic) bond motifs is 1. The van der Waals surface area contributed by atoms with Crippen molar-refractivity contribution in [2.75, 3.05) is 16.2 Å². The molecule has 0 saturated heterocycles. The summed E-state index contributed by atoms with van der Waals surface area (Å²) in [6.45, 7) is 0.124. The van der Waals surface area contributed by atoms with Crippen LogP contribution >= 0.6 is 0 Å². The van der Waals surface area contributed by atoms with Crippen molar-refractivity contribution in [1.29, 1.82) is 0 Å². The van der Waals surface area contributed by atoms with Crippen molar-refractivity contribution in [2.45, 2.75) is 18.4 Å². The van der Waals surface area contributed by atoms with Crippen molar-refractivity contribution in [3.63, 3.8) is 0 Å². The van der Waals surface area contributed by atoms with Crippen molar-refractivity contribution < 1.29 is 22.7 Å². The molecule has 2 amide bonds. The maximum atomic E-state index is 13.5. The van der Waals surface area contributed by atoms with Gasteiger partial charge in [-0.3, -0.25) is 13.9 Å². The zero-order valence-electron chi connectivity index (χ0n) is 21.0. The Bertz CT molecular complexity index is 1580. The monoisotopic (exact) mass is 541 g/mol. The van der Waals surface area contributed by atoms with Crippen molar-refractivity contribution in [1.82, 2.24) is 5.32 Å². The van der Waals surface area contributed by atoms with Gasteiger partial charge in [-0.2, -0.15) is 0 Å². The summed E-state index contributed by atoms with van der Waals surface area (Å²) >= 11 is 0. The lowest BCUT2D eigenvalue weighted by atomic mass is 10.1. The van der Waals surface area contributed by atoms with Gasteiger partial charge in [-0.1, -0.05) is 84.9 Å². The van der Waals surface area contributed by atoms with Crippen LogP contribution in [0, 0.1) is 0 Å². The second-order valence-corrected chi connectivity index (χ2v) is 10.9. The third-order valence-electron chi connectivity index (χ3n) is 6.28. The first kappa shape index (κ1) is 26.0. The molecular weight excluding hydrogens is 514 g/mol. The van der Waals surface area contributed by atoms with Gasteiger partial charge in [0.05, 0.1) is 29.2 Å². The zero-order valence-corrected chi connectivity index (χ0v) is 21.8. The highest BCUT2D eigenvalue weighted by Gasteiger charge is 2.37. The quantitative estimate of drug-likeness (QED) is 0.345. The van der Waals surface area contributed by atoms with Gasteiger partial charge in [-0.15, -0.1) is 0 Å². The molecule has 0 fully saturated rings. The number of sulfonamides is 1. The summed E-state index contributed by atoms with van der Waals surface area (Å²) in [5.74, 6) is -0.847. The number of benzene rings is 4. The Morgan fingerprint density at radius 3 is 2.15 bits per heavy atom. The smallest absolute Gasteiger partial charge is 0.267 e. The first-order chi connectivity index (χ1) is 18.9. The fraction of sp³-hybridized carbons (Fsp3) is 0.133. The summed E-state index contributed by atoms with van der Waals surface area (Å²) in [7, 11) is -3.84. The van der Waals surface area contributed by atoms with E-state index in [1.165, 1.54) is 4.31 Å². The lowest BCUT2D eigenvalue weighted by Crippen LogP contribution is -2.49. The van der Waals surface area contributed by atoms with Crippen molar-refractivity contribution in [2.24, 2.45) is 0 Å². The third-order valence-corrected chi connectivity index (χ3v) is 8.00. The number of ether oxygens (including phenoxy) is 1. The topological polar surface area (TPSA) is 105 Å². The van der Waals surface area contributed by atoms with Crippen LogP contribution in [0.25, 0.3) is 0 Å². The van der Waals surface area contributed by atoms with Gasteiger partial charge < -0.3 is 15.4 Å². The van der Waals surface area contributed by atoms with E-state index < -0.39 is 22.0 Å².